The van der Waals surface area contributed by atoms with Crippen LogP contribution in [0.3, 0.4) is 0 Å². The van der Waals surface area contributed by atoms with Gasteiger partial charge in [-0.1, -0.05) is 41.9 Å². The first-order valence-corrected chi connectivity index (χ1v) is 9.89. The summed E-state index contributed by atoms with van der Waals surface area (Å²) in [7, 11) is -3.70. The topological polar surface area (TPSA) is 64.4 Å². The van der Waals surface area contributed by atoms with Gasteiger partial charge < -0.3 is 0 Å². The fraction of sp³-hybridized carbons (Fsp3) is 0.278. The molecule has 2 aromatic rings. The summed E-state index contributed by atoms with van der Waals surface area (Å²) in [6.07, 6.45) is 0. The van der Waals surface area contributed by atoms with Gasteiger partial charge in [-0.25, -0.2) is 12.8 Å². The zero-order valence-corrected chi connectivity index (χ0v) is 15.4. The molecule has 136 valence electrons. The third-order valence-corrected chi connectivity index (χ3v) is 6.81. The molecule has 0 N–H and O–H groups in total. The van der Waals surface area contributed by atoms with Gasteiger partial charge in [-0.3, -0.25) is 4.90 Å². The normalized spacial score (nSPS) is 17.6. The number of halogens is 2. The number of rotatable bonds is 4. The molecular weight excluding hydrogens is 377 g/mol. The van der Waals surface area contributed by atoms with E-state index in [0.717, 1.165) is 0 Å². The van der Waals surface area contributed by atoms with Crippen LogP contribution in [0.15, 0.2) is 53.4 Å². The lowest BCUT2D eigenvalue weighted by atomic mass is 10.1. The van der Waals surface area contributed by atoms with E-state index < -0.39 is 21.9 Å². The monoisotopic (exact) mass is 393 g/mol. The Kier molecular flexibility index (Phi) is 5.58. The van der Waals surface area contributed by atoms with E-state index >= 15 is 0 Å². The maximum absolute atomic E-state index is 14.0. The molecule has 1 aliphatic heterocycles. The van der Waals surface area contributed by atoms with Gasteiger partial charge in [-0.05, 0) is 18.2 Å². The highest BCUT2D eigenvalue weighted by atomic mass is 35.5. The van der Waals surface area contributed by atoms with E-state index in [9.17, 15) is 18.1 Å². The van der Waals surface area contributed by atoms with Crippen LogP contribution in [0, 0.1) is 17.1 Å². The van der Waals surface area contributed by atoms with Crippen LogP contribution in [-0.2, 0) is 10.0 Å². The minimum absolute atomic E-state index is 0.0704. The van der Waals surface area contributed by atoms with Crippen LogP contribution >= 0.6 is 11.6 Å². The lowest BCUT2D eigenvalue weighted by Crippen LogP contribution is -2.49. The first kappa shape index (κ1) is 18.8. The van der Waals surface area contributed by atoms with Crippen molar-refractivity contribution in [1.29, 1.82) is 5.26 Å². The molecule has 0 radical (unpaired) electrons. The first-order valence-electron chi connectivity index (χ1n) is 8.08. The molecule has 0 bridgehead atoms. The Morgan fingerprint density at radius 2 is 1.65 bits per heavy atom. The zero-order chi connectivity index (χ0) is 18.7. The Bertz CT molecular complexity index is 937. The molecule has 1 saturated heterocycles. The van der Waals surface area contributed by atoms with Crippen molar-refractivity contribution >= 4 is 21.6 Å². The quantitative estimate of drug-likeness (QED) is 0.800. The SMILES string of the molecule is N#CC(c1ccccc1F)N1CCN(S(=O)(=O)c2ccccc2Cl)CC1. The molecule has 1 heterocycles. The Morgan fingerprint density at radius 1 is 1.04 bits per heavy atom. The summed E-state index contributed by atoms with van der Waals surface area (Å²) in [4.78, 5) is 1.86. The number of hydrogen-bond acceptors (Lipinski definition) is 4. The van der Waals surface area contributed by atoms with E-state index in [-0.39, 0.29) is 23.0 Å². The third kappa shape index (κ3) is 3.60. The van der Waals surface area contributed by atoms with Gasteiger partial charge in [0.1, 0.15) is 16.8 Å². The summed E-state index contributed by atoms with van der Waals surface area (Å²) in [5.74, 6) is -0.440. The summed E-state index contributed by atoms with van der Waals surface area (Å²) in [6.45, 7) is 1.08. The molecule has 0 aromatic heterocycles. The largest absolute Gasteiger partial charge is 0.282 e. The van der Waals surface area contributed by atoms with Crippen molar-refractivity contribution in [1.82, 2.24) is 9.21 Å². The molecule has 1 fully saturated rings. The number of benzene rings is 2. The van der Waals surface area contributed by atoms with E-state index in [4.69, 9.17) is 11.6 Å². The number of nitriles is 1. The van der Waals surface area contributed by atoms with Crippen LogP contribution in [0.25, 0.3) is 0 Å². The molecule has 3 rings (SSSR count). The standard InChI is InChI=1S/C18H17ClFN3O2S/c19-15-6-2-4-8-18(15)26(24,25)23-11-9-22(10-12-23)17(13-21)14-5-1-3-7-16(14)20/h1-8,17H,9-12H2. The maximum atomic E-state index is 14.0. The second kappa shape index (κ2) is 7.72. The van der Waals surface area contributed by atoms with Gasteiger partial charge in [0, 0.05) is 31.7 Å². The van der Waals surface area contributed by atoms with Crippen LogP contribution < -0.4 is 0 Å². The Morgan fingerprint density at radius 3 is 2.27 bits per heavy atom. The van der Waals surface area contributed by atoms with Crippen LogP contribution in [0.1, 0.15) is 11.6 Å². The predicted octanol–water partition coefficient (Wildman–Crippen LogP) is 3.05. The number of sulfonamides is 1. The van der Waals surface area contributed by atoms with Gasteiger partial charge in [0.25, 0.3) is 0 Å². The van der Waals surface area contributed by atoms with E-state index in [1.165, 1.54) is 22.5 Å². The van der Waals surface area contributed by atoms with Gasteiger partial charge in [-0.2, -0.15) is 9.57 Å². The molecular formula is C18H17ClFN3O2S. The van der Waals surface area contributed by atoms with E-state index in [2.05, 4.69) is 6.07 Å². The average Bonchev–Trinajstić information content (AvgIpc) is 2.64. The van der Waals surface area contributed by atoms with Gasteiger partial charge in [0.15, 0.2) is 0 Å². The lowest BCUT2D eigenvalue weighted by Gasteiger charge is -2.36. The number of nitrogens with zero attached hydrogens (tertiary/aromatic N) is 3. The molecule has 26 heavy (non-hydrogen) atoms. The highest BCUT2D eigenvalue weighted by Crippen LogP contribution is 2.28. The molecule has 0 amide bonds. The highest BCUT2D eigenvalue weighted by Gasteiger charge is 2.33. The van der Waals surface area contributed by atoms with Crippen LogP contribution in [0.2, 0.25) is 5.02 Å². The van der Waals surface area contributed by atoms with Crippen LogP contribution in [-0.4, -0.2) is 43.8 Å². The van der Waals surface area contributed by atoms with Crippen LogP contribution in [0.4, 0.5) is 4.39 Å². The summed E-state index contributed by atoms with van der Waals surface area (Å²) in [5, 5.41) is 9.67. The Balaban J connectivity index is 1.76. The number of hydrogen-bond donors (Lipinski definition) is 0. The molecule has 8 heteroatoms. The first-order chi connectivity index (χ1) is 12.4. The van der Waals surface area contributed by atoms with E-state index in [1.807, 2.05) is 0 Å². The fourth-order valence-electron chi connectivity index (χ4n) is 3.04. The van der Waals surface area contributed by atoms with Crippen molar-refractivity contribution in [2.45, 2.75) is 10.9 Å². The summed E-state index contributed by atoms with van der Waals surface area (Å²) in [6, 6.07) is 13.8. The minimum atomic E-state index is -3.70. The number of piperazine rings is 1. The fourth-order valence-corrected chi connectivity index (χ4v) is 4.96. The molecule has 1 atom stereocenters. The second-order valence-electron chi connectivity index (χ2n) is 5.92. The predicted molar refractivity (Wildman–Crippen MR) is 96.5 cm³/mol. The molecule has 0 spiro atoms. The summed E-state index contributed by atoms with van der Waals surface area (Å²) in [5.41, 5.74) is 0.303. The van der Waals surface area contributed by atoms with E-state index in [1.54, 1.807) is 35.2 Å². The Labute approximate surface area is 157 Å². The summed E-state index contributed by atoms with van der Waals surface area (Å²) >= 11 is 6.03. The molecule has 0 aliphatic carbocycles. The molecule has 1 unspecified atom stereocenters. The molecule has 0 saturated carbocycles. The molecule has 5 nitrogen and oxygen atoms in total. The second-order valence-corrected chi connectivity index (χ2v) is 8.24. The maximum Gasteiger partial charge on any atom is 0.244 e. The minimum Gasteiger partial charge on any atom is -0.282 e. The molecule has 2 aromatic carbocycles. The Hall–Kier alpha value is -1.98. The average molecular weight is 394 g/mol. The lowest BCUT2D eigenvalue weighted by molar-refractivity contribution is 0.160. The summed E-state index contributed by atoms with van der Waals surface area (Å²) < 4.78 is 40.9. The van der Waals surface area contributed by atoms with Crippen molar-refractivity contribution in [3.8, 4) is 6.07 Å². The van der Waals surface area contributed by atoms with Crippen molar-refractivity contribution in [2.24, 2.45) is 0 Å². The van der Waals surface area contributed by atoms with Gasteiger partial charge in [0.2, 0.25) is 10.0 Å². The van der Waals surface area contributed by atoms with Gasteiger partial charge in [-0.15, -0.1) is 0 Å². The zero-order valence-electron chi connectivity index (χ0n) is 13.8. The third-order valence-electron chi connectivity index (χ3n) is 4.41. The highest BCUT2D eigenvalue weighted by molar-refractivity contribution is 7.89. The van der Waals surface area contributed by atoms with Crippen LogP contribution in [0.5, 0.6) is 0 Å². The van der Waals surface area contributed by atoms with Crippen molar-refractivity contribution in [3.05, 3.63) is 64.9 Å². The smallest absolute Gasteiger partial charge is 0.244 e. The van der Waals surface area contributed by atoms with Gasteiger partial charge >= 0.3 is 0 Å². The van der Waals surface area contributed by atoms with E-state index in [0.29, 0.717) is 18.7 Å². The van der Waals surface area contributed by atoms with Crippen molar-refractivity contribution in [3.63, 3.8) is 0 Å². The van der Waals surface area contributed by atoms with Crippen molar-refractivity contribution < 1.29 is 12.8 Å². The van der Waals surface area contributed by atoms with Gasteiger partial charge in [0.05, 0.1) is 11.1 Å². The van der Waals surface area contributed by atoms with Crippen molar-refractivity contribution in [2.75, 3.05) is 26.2 Å². The molecule has 1 aliphatic rings.